The lowest BCUT2D eigenvalue weighted by Crippen LogP contribution is -2.17. The Kier molecular flexibility index (Phi) is 7.52. The Morgan fingerprint density at radius 2 is 1.83 bits per heavy atom. The Morgan fingerprint density at radius 3 is 2.38 bits per heavy atom. The molecule has 0 fully saturated rings. The van der Waals surface area contributed by atoms with Gasteiger partial charge >= 0.3 is 5.97 Å². The van der Waals surface area contributed by atoms with Gasteiger partial charge in [0.25, 0.3) is 0 Å². The highest BCUT2D eigenvalue weighted by Gasteiger charge is 2.21. The highest BCUT2D eigenvalue weighted by Crippen LogP contribution is 2.35. The second-order valence-electron chi connectivity index (χ2n) is 7.96. The molecular weight excluding hydrogens is 365 g/mol. The average molecular weight is 396 g/mol. The summed E-state index contributed by atoms with van der Waals surface area (Å²) in [7, 11) is 0. The van der Waals surface area contributed by atoms with Crippen molar-refractivity contribution in [3.63, 3.8) is 0 Å². The van der Waals surface area contributed by atoms with E-state index in [4.69, 9.17) is 10.8 Å². The van der Waals surface area contributed by atoms with Gasteiger partial charge in [0.15, 0.2) is 0 Å². The Balaban J connectivity index is 2.56. The number of aliphatic carboxylic acids is 1. The molecule has 0 saturated heterocycles. The molecule has 0 saturated carbocycles. The molecule has 1 atom stereocenters. The van der Waals surface area contributed by atoms with E-state index >= 15 is 0 Å². The number of halogens is 1. The second kappa shape index (κ2) is 9.66. The Hall–Kier alpha value is -2.72. The number of carboxylic acids is 1. The molecule has 0 spiro atoms. The van der Waals surface area contributed by atoms with E-state index in [1.807, 2.05) is 19.1 Å². The van der Waals surface area contributed by atoms with Gasteiger partial charge in [-0.15, -0.1) is 0 Å². The van der Waals surface area contributed by atoms with Gasteiger partial charge in [-0.3, -0.25) is 0 Å². The van der Waals surface area contributed by atoms with Gasteiger partial charge in [-0.05, 0) is 78.7 Å². The van der Waals surface area contributed by atoms with Gasteiger partial charge in [0.05, 0.1) is 6.04 Å². The van der Waals surface area contributed by atoms with Crippen LogP contribution >= 0.6 is 0 Å². The van der Waals surface area contributed by atoms with Crippen LogP contribution < -0.4 is 5.73 Å². The summed E-state index contributed by atoms with van der Waals surface area (Å²) >= 11 is 0. The van der Waals surface area contributed by atoms with Crippen molar-refractivity contribution < 1.29 is 14.3 Å². The average Bonchev–Trinajstić information content (AvgIpc) is 2.63. The Morgan fingerprint density at radius 1 is 1.17 bits per heavy atom. The number of hydrogen-bond acceptors (Lipinski definition) is 2. The van der Waals surface area contributed by atoms with Crippen LogP contribution in [-0.4, -0.2) is 11.1 Å². The first-order valence-electron chi connectivity index (χ1n) is 9.84. The Bertz CT molecular complexity index is 934. The molecule has 4 heteroatoms. The molecule has 0 radical (unpaired) electrons. The highest BCUT2D eigenvalue weighted by atomic mass is 19.1. The van der Waals surface area contributed by atoms with Crippen molar-refractivity contribution in [2.75, 3.05) is 0 Å². The van der Waals surface area contributed by atoms with E-state index in [9.17, 15) is 9.18 Å². The minimum absolute atomic E-state index is 0.421. The van der Waals surface area contributed by atoms with Crippen molar-refractivity contribution in [2.24, 2.45) is 11.7 Å². The fourth-order valence-electron chi connectivity index (χ4n) is 3.65. The van der Waals surface area contributed by atoms with Crippen LogP contribution in [-0.2, 0) is 4.79 Å². The van der Waals surface area contributed by atoms with Crippen LogP contribution in [0.15, 0.2) is 48.0 Å². The zero-order valence-electron chi connectivity index (χ0n) is 17.8. The van der Waals surface area contributed by atoms with Gasteiger partial charge in [-0.1, -0.05) is 44.2 Å². The Labute approximate surface area is 172 Å². The molecule has 0 aliphatic carbocycles. The first kappa shape index (κ1) is 22.6. The summed E-state index contributed by atoms with van der Waals surface area (Å²) in [5, 5.41) is 8.79. The summed E-state index contributed by atoms with van der Waals surface area (Å²) in [4.78, 5) is 10.7. The first-order valence-corrected chi connectivity index (χ1v) is 9.84. The fraction of sp³-hybridized carbons (Fsp3) is 0.320. The third-order valence-electron chi connectivity index (χ3n) is 5.11. The fourth-order valence-corrected chi connectivity index (χ4v) is 3.65. The molecule has 2 aromatic carbocycles. The summed E-state index contributed by atoms with van der Waals surface area (Å²) in [6.45, 7) is 10.2. The summed E-state index contributed by atoms with van der Waals surface area (Å²) in [5.74, 6) is -1.06. The minimum atomic E-state index is -1.07. The number of rotatable bonds is 7. The number of carboxylic acid groups (broad SMARTS) is 1. The van der Waals surface area contributed by atoms with Crippen molar-refractivity contribution in [2.45, 2.75) is 47.1 Å². The molecule has 0 aliphatic rings. The third kappa shape index (κ3) is 5.64. The van der Waals surface area contributed by atoms with Gasteiger partial charge in [-0.2, -0.15) is 0 Å². The molecule has 0 aromatic heterocycles. The van der Waals surface area contributed by atoms with Crippen LogP contribution in [0.5, 0.6) is 0 Å². The van der Waals surface area contributed by atoms with Gasteiger partial charge in [0.1, 0.15) is 5.82 Å². The molecule has 154 valence electrons. The zero-order chi connectivity index (χ0) is 21.7. The van der Waals surface area contributed by atoms with Crippen molar-refractivity contribution in [3.8, 4) is 0 Å². The number of benzene rings is 2. The van der Waals surface area contributed by atoms with Crippen LogP contribution in [0.25, 0.3) is 11.6 Å². The van der Waals surface area contributed by atoms with Gasteiger partial charge < -0.3 is 10.8 Å². The van der Waals surface area contributed by atoms with E-state index in [1.54, 1.807) is 13.0 Å². The van der Waals surface area contributed by atoms with Crippen molar-refractivity contribution in [1.82, 2.24) is 0 Å². The second-order valence-corrected chi connectivity index (χ2v) is 7.96. The summed E-state index contributed by atoms with van der Waals surface area (Å²) < 4.78 is 15.0. The number of hydrogen-bond donors (Lipinski definition) is 2. The molecule has 0 bridgehead atoms. The molecular formula is C25H30FNO2. The molecule has 3 nitrogen and oxygen atoms in total. The summed E-state index contributed by atoms with van der Waals surface area (Å²) in [6, 6.07) is 10.7. The first-order chi connectivity index (χ1) is 13.6. The van der Waals surface area contributed by atoms with E-state index < -0.39 is 17.8 Å². The van der Waals surface area contributed by atoms with E-state index in [-0.39, 0.29) is 0 Å². The quantitative estimate of drug-likeness (QED) is 0.560. The molecule has 29 heavy (non-hydrogen) atoms. The SMILES string of the molecule is C/C(=C(/CC(C)C)c1ccccc1C)C(N)c1c(C)cc(/C=C/C(=O)O)cc1F. The van der Waals surface area contributed by atoms with E-state index in [1.165, 1.54) is 17.7 Å². The highest BCUT2D eigenvalue weighted by molar-refractivity contribution is 5.85. The van der Waals surface area contributed by atoms with Gasteiger partial charge in [-0.25, -0.2) is 9.18 Å². The molecule has 0 amide bonds. The molecule has 3 N–H and O–H groups in total. The monoisotopic (exact) mass is 395 g/mol. The van der Waals surface area contributed by atoms with Crippen LogP contribution in [0.3, 0.4) is 0 Å². The lowest BCUT2D eigenvalue weighted by Gasteiger charge is -2.23. The number of aryl methyl sites for hydroxylation is 2. The lowest BCUT2D eigenvalue weighted by molar-refractivity contribution is -0.131. The maximum Gasteiger partial charge on any atom is 0.328 e. The number of nitrogens with two attached hydrogens (primary N) is 1. The maximum atomic E-state index is 15.0. The minimum Gasteiger partial charge on any atom is -0.478 e. The molecule has 1 unspecified atom stereocenters. The standard InChI is InChI=1S/C25H30FNO2/c1-15(2)12-21(20-9-7-6-8-16(20)3)18(5)25(27)24-17(4)13-19(14-22(24)26)10-11-23(28)29/h6-11,13-15,25H,12,27H2,1-5H3,(H,28,29)/b11-10+,21-18+. The van der Waals surface area contributed by atoms with E-state index in [0.29, 0.717) is 22.6 Å². The molecule has 2 aromatic rings. The van der Waals surface area contributed by atoms with Crippen LogP contribution in [0, 0.1) is 25.6 Å². The van der Waals surface area contributed by atoms with Gasteiger partial charge in [0.2, 0.25) is 0 Å². The summed E-state index contributed by atoms with van der Waals surface area (Å²) in [5.41, 5.74) is 12.6. The predicted molar refractivity (Wildman–Crippen MR) is 118 cm³/mol. The lowest BCUT2D eigenvalue weighted by atomic mass is 9.85. The molecule has 0 heterocycles. The van der Waals surface area contributed by atoms with E-state index in [2.05, 4.69) is 32.9 Å². The smallest absolute Gasteiger partial charge is 0.328 e. The van der Waals surface area contributed by atoms with Crippen LogP contribution in [0.2, 0.25) is 0 Å². The predicted octanol–water partition coefficient (Wildman–Crippen LogP) is 6.06. The topological polar surface area (TPSA) is 63.3 Å². The van der Waals surface area contributed by atoms with Crippen molar-refractivity contribution in [1.29, 1.82) is 0 Å². The zero-order valence-corrected chi connectivity index (χ0v) is 17.8. The third-order valence-corrected chi connectivity index (χ3v) is 5.11. The number of allylic oxidation sites excluding steroid dienone is 1. The van der Waals surface area contributed by atoms with Crippen LogP contribution in [0.1, 0.15) is 61.1 Å². The molecule has 2 rings (SSSR count). The largest absolute Gasteiger partial charge is 0.478 e. The van der Waals surface area contributed by atoms with Crippen molar-refractivity contribution in [3.05, 3.63) is 81.7 Å². The normalized spacial score (nSPS) is 13.7. The number of carbonyl (C=O) groups is 1. The maximum absolute atomic E-state index is 15.0. The van der Waals surface area contributed by atoms with Crippen molar-refractivity contribution >= 4 is 17.6 Å². The van der Waals surface area contributed by atoms with Gasteiger partial charge in [0, 0.05) is 11.6 Å². The van der Waals surface area contributed by atoms with E-state index in [0.717, 1.165) is 29.2 Å². The van der Waals surface area contributed by atoms with Crippen LogP contribution in [0.4, 0.5) is 4.39 Å². The summed E-state index contributed by atoms with van der Waals surface area (Å²) in [6.07, 6.45) is 3.23. The molecule has 0 aliphatic heterocycles.